The van der Waals surface area contributed by atoms with Crippen molar-refractivity contribution >= 4 is 5.97 Å². The summed E-state index contributed by atoms with van der Waals surface area (Å²) in [6.45, 7) is 1.39. The largest absolute Gasteiger partial charge is 0.454 e. The Bertz CT molecular complexity index is 583. The number of carbonyl (C=O) groups is 1. The van der Waals surface area contributed by atoms with Gasteiger partial charge in [0.25, 0.3) is 0 Å². The molecule has 0 aliphatic rings. The van der Waals surface area contributed by atoms with Crippen LogP contribution in [0.25, 0.3) is 0 Å². The number of esters is 1. The van der Waals surface area contributed by atoms with E-state index in [1.54, 1.807) is 6.92 Å². The topological polar surface area (TPSA) is 65.2 Å². The van der Waals surface area contributed by atoms with Gasteiger partial charge in [-0.3, -0.25) is 0 Å². The predicted molar refractivity (Wildman–Crippen MR) is 54.5 cm³/mol. The van der Waals surface area contributed by atoms with Crippen molar-refractivity contribution in [1.82, 2.24) is 10.1 Å². The third-order valence-electron chi connectivity index (χ3n) is 2.06. The molecule has 18 heavy (non-hydrogen) atoms. The molecular weight excluding hydrogens is 246 g/mol. The molecule has 0 bridgehead atoms. The first-order chi connectivity index (χ1) is 8.56. The molecule has 0 saturated carbocycles. The van der Waals surface area contributed by atoms with Crippen LogP contribution in [0.1, 0.15) is 22.1 Å². The highest BCUT2D eigenvalue weighted by atomic mass is 19.2. The van der Waals surface area contributed by atoms with Crippen molar-refractivity contribution in [2.45, 2.75) is 13.5 Å². The molecule has 0 radical (unpaired) electrons. The van der Waals surface area contributed by atoms with E-state index < -0.39 is 17.6 Å². The number of rotatable bonds is 3. The maximum absolute atomic E-state index is 12.9. The lowest BCUT2D eigenvalue weighted by atomic mass is 10.2. The van der Waals surface area contributed by atoms with E-state index in [1.807, 2.05) is 0 Å². The first-order valence-corrected chi connectivity index (χ1v) is 4.97. The fraction of sp³-hybridized carbons (Fsp3) is 0.182. The van der Waals surface area contributed by atoms with E-state index in [1.165, 1.54) is 0 Å². The Morgan fingerprint density at radius 2 is 2.17 bits per heavy atom. The molecule has 0 amide bonds. The van der Waals surface area contributed by atoms with Gasteiger partial charge in [0.2, 0.25) is 11.7 Å². The summed E-state index contributed by atoms with van der Waals surface area (Å²) < 4.78 is 35.0. The molecular formula is C11H8F2N2O3. The summed E-state index contributed by atoms with van der Waals surface area (Å²) in [6.07, 6.45) is 0. The smallest absolute Gasteiger partial charge is 0.338 e. The van der Waals surface area contributed by atoms with Crippen LogP contribution in [0.2, 0.25) is 0 Å². The van der Waals surface area contributed by atoms with Crippen LogP contribution in [0.3, 0.4) is 0 Å². The molecule has 1 heterocycles. The van der Waals surface area contributed by atoms with Crippen molar-refractivity contribution in [3.8, 4) is 0 Å². The lowest BCUT2D eigenvalue weighted by Crippen LogP contribution is -2.07. The SMILES string of the molecule is Cc1nc(COC(=O)c2ccc(F)c(F)c2)no1. The molecule has 0 fully saturated rings. The first-order valence-electron chi connectivity index (χ1n) is 4.97. The molecule has 5 nitrogen and oxygen atoms in total. The Kier molecular flexibility index (Phi) is 3.31. The number of hydrogen-bond donors (Lipinski definition) is 0. The number of ether oxygens (including phenoxy) is 1. The van der Waals surface area contributed by atoms with Gasteiger partial charge in [-0.25, -0.2) is 13.6 Å². The summed E-state index contributed by atoms with van der Waals surface area (Å²) >= 11 is 0. The molecule has 7 heteroatoms. The second-order valence-corrected chi connectivity index (χ2v) is 3.43. The van der Waals surface area contributed by atoms with Crippen LogP contribution in [0.5, 0.6) is 0 Å². The number of nitrogens with zero attached hydrogens (tertiary/aromatic N) is 2. The number of benzene rings is 1. The minimum Gasteiger partial charge on any atom is -0.454 e. The van der Waals surface area contributed by atoms with Crippen LogP contribution in [0.15, 0.2) is 22.7 Å². The summed E-state index contributed by atoms with van der Waals surface area (Å²) in [7, 11) is 0. The third-order valence-corrected chi connectivity index (χ3v) is 2.06. The Hall–Kier alpha value is -2.31. The lowest BCUT2D eigenvalue weighted by Gasteiger charge is -2.02. The predicted octanol–water partition coefficient (Wildman–Crippen LogP) is 2.01. The molecule has 0 unspecified atom stereocenters. The lowest BCUT2D eigenvalue weighted by molar-refractivity contribution is 0.0459. The minimum atomic E-state index is -1.11. The van der Waals surface area contributed by atoms with Gasteiger partial charge in [0.1, 0.15) is 0 Å². The zero-order valence-electron chi connectivity index (χ0n) is 9.31. The average Bonchev–Trinajstić information content (AvgIpc) is 2.75. The number of halogens is 2. The first kappa shape index (κ1) is 12.2. The van der Waals surface area contributed by atoms with Crippen LogP contribution < -0.4 is 0 Å². The number of aryl methyl sites for hydroxylation is 1. The van der Waals surface area contributed by atoms with E-state index in [9.17, 15) is 13.6 Å². The Morgan fingerprint density at radius 3 is 2.78 bits per heavy atom. The molecule has 0 N–H and O–H groups in total. The fourth-order valence-electron chi connectivity index (χ4n) is 1.24. The zero-order valence-corrected chi connectivity index (χ0v) is 9.31. The van der Waals surface area contributed by atoms with E-state index in [0.29, 0.717) is 5.89 Å². The number of aromatic nitrogens is 2. The van der Waals surface area contributed by atoms with E-state index in [2.05, 4.69) is 14.7 Å². The van der Waals surface area contributed by atoms with Gasteiger partial charge in [-0.15, -0.1) is 0 Å². The normalized spacial score (nSPS) is 10.4. The van der Waals surface area contributed by atoms with Gasteiger partial charge in [-0.05, 0) is 18.2 Å². The van der Waals surface area contributed by atoms with Crippen molar-refractivity contribution < 1.29 is 22.8 Å². The van der Waals surface area contributed by atoms with Crippen molar-refractivity contribution in [1.29, 1.82) is 0 Å². The number of hydrogen-bond acceptors (Lipinski definition) is 5. The van der Waals surface area contributed by atoms with Gasteiger partial charge < -0.3 is 9.26 Å². The standard InChI is InChI=1S/C11H8F2N2O3/c1-6-14-10(15-18-6)5-17-11(16)7-2-3-8(12)9(13)4-7/h2-4H,5H2,1H3. The van der Waals surface area contributed by atoms with Gasteiger partial charge in [0.15, 0.2) is 18.2 Å². The van der Waals surface area contributed by atoms with Crippen molar-refractivity contribution in [2.24, 2.45) is 0 Å². The maximum Gasteiger partial charge on any atom is 0.338 e. The van der Waals surface area contributed by atoms with Gasteiger partial charge >= 0.3 is 5.97 Å². The second-order valence-electron chi connectivity index (χ2n) is 3.43. The molecule has 0 aliphatic carbocycles. The summed E-state index contributed by atoms with van der Waals surface area (Å²) in [5.74, 6) is -2.39. The molecule has 1 aromatic heterocycles. The highest BCUT2D eigenvalue weighted by Gasteiger charge is 2.12. The van der Waals surface area contributed by atoms with Crippen LogP contribution in [-0.4, -0.2) is 16.1 Å². The summed E-state index contributed by atoms with van der Waals surface area (Å²) in [4.78, 5) is 15.3. The molecule has 0 saturated heterocycles. The van der Waals surface area contributed by atoms with E-state index >= 15 is 0 Å². The Labute approximate surface area is 100 Å². The third kappa shape index (κ3) is 2.68. The second kappa shape index (κ2) is 4.91. The summed E-state index contributed by atoms with van der Waals surface area (Å²) in [5, 5.41) is 3.52. The van der Waals surface area contributed by atoms with Crippen molar-refractivity contribution in [2.75, 3.05) is 0 Å². The molecule has 2 aromatic rings. The van der Waals surface area contributed by atoms with Crippen molar-refractivity contribution in [3.05, 3.63) is 47.1 Å². The van der Waals surface area contributed by atoms with Gasteiger partial charge in [0, 0.05) is 6.92 Å². The molecule has 0 spiro atoms. The highest BCUT2D eigenvalue weighted by Crippen LogP contribution is 2.10. The van der Waals surface area contributed by atoms with Crippen LogP contribution >= 0.6 is 0 Å². The summed E-state index contributed by atoms with van der Waals surface area (Å²) in [5.41, 5.74) is -0.0888. The van der Waals surface area contributed by atoms with E-state index in [0.717, 1.165) is 18.2 Å². The molecule has 94 valence electrons. The zero-order chi connectivity index (χ0) is 13.1. The average molecular weight is 254 g/mol. The monoisotopic (exact) mass is 254 g/mol. The van der Waals surface area contributed by atoms with Gasteiger partial charge in [0.05, 0.1) is 5.56 Å². The van der Waals surface area contributed by atoms with E-state index in [-0.39, 0.29) is 18.0 Å². The van der Waals surface area contributed by atoms with Crippen LogP contribution in [0, 0.1) is 18.6 Å². The van der Waals surface area contributed by atoms with Gasteiger partial charge in [-0.2, -0.15) is 4.98 Å². The van der Waals surface area contributed by atoms with Gasteiger partial charge in [-0.1, -0.05) is 5.16 Å². The molecule has 0 atom stereocenters. The quantitative estimate of drug-likeness (QED) is 0.784. The molecule has 0 aliphatic heterocycles. The Balaban J connectivity index is 2.01. The van der Waals surface area contributed by atoms with Crippen LogP contribution in [0.4, 0.5) is 8.78 Å². The molecule has 1 aromatic carbocycles. The minimum absolute atomic E-state index is 0.0888. The van der Waals surface area contributed by atoms with Crippen molar-refractivity contribution in [3.63, 3.8) is 0 Å². The number of carbonyl (C=O) groups excluding carboxylic acids is 1. The maximum atomic E-state index is 12.9. The summed E-state index contributed by atoms with van der Waals surface area (Å²) in [6, 6.07) is 2.74. The Morgan fingerprint density at radius 1 is 1.39 bits per heavy atom. The highest BCUT2D eigenvalue weighted by molar-refractivity contribution is 5.89. The van der Waals surface area contributed by atoms with Crippen LogP contribution in [-0.2, 0) is 11.3 Å². The van der Waals surface area contributed by atoms with E-state index in [4.69, 9.17) is 4.74 Å². The molecule has 2 rings (SSSR count). The fourth-order valence-corrected chi connectivity index (χ4v) is 1.24.